The summed E-state index contributed by atoms with van der Waals surface area (Å²) in [5.41, 5.74) is 3.35. The molecule has 1 aromatic heterocycles. The highest BCUT2D eigenvalue weighted by molar-refractivity contribution is 6.21. The van der Waals surface area contributed by atoms with Crippen molar-refractivity contribution in [2.24, 2.45) is 0 Å². The third-order valence-corrected chi connectivity index (χ3v) is 8.11. The van der Waals surface area contributed by atoms with Gasteiger partial charge in [-0.25, -0.2) is 4.98 Å². The molecule has 6 nitrogen and oxygen atoms in total. The number of nitrogens with zero attached hydrogens (tertiary/aromatic N) is 3. The molecule has 1 unspecified atom stereocenters. The van der Waals surface area contributed by atoms with Crippen molar-refractivity contribution in [3.8, 4) is 0 Å². The summed E-state index contributed by atoms with van der Waals surface area (Å²) in [6.07, 6.45) is 1.75. The van der Waals surface area contributed by atoms with Crippen LogP contribution in [0.2, 0.25) is 0 Å². The topological polar surface area (TPSA) is 62.7 Å². The molecule has 0 aliphatic carbocycles. The number of methoxy groups -OCH3 is 1. The van der Waals surface area contributed by atoms with Gasteiger partial charge in [0.15, 0.2) is 5.41 Å². The van der Waals surface area contributed by atoms with E-state index in [0.29, 0.717) is 24.5 Å². The molecule has 1 atom stereocenters. The van der Waals surface area contributed by atoms with E-state index in [1.54, 1.807) is 17.2 Å². The maximum atomic E-state index is 14.4. The van der Waals surface area contributed by atoms with Crippen molar-refractivity contribution in [3.63, 3.8) is 0 Å². The van der Waals surface area contributed by atoms with Gasteiger partial charge in [-0.1, -0.05) is 72.8 Å². The molecule has 1 aliphatic rings. The summed E-state index contributed by atoms with van der Waals surface area (Å²) in [4.78, 5) is 36.6. The molecular formula is C35H36ClN3O3. The van der Waals surface area contributed by atoms with Crippen molar-refractivity contribution in [1.29, 1.82) is 0 Å². The van der Waals surface area contributed by atoms with Crippen LogP contribution in [0.1, 0.15) is 48.6 Å². The fourth-order valence-electron chi connectivity index (χ4n) is 5.78. The van der Waals surface area contributed by atoms with Crippen LogP contribution in [0.3, 0.4) is 0 Å². The van der Waals surface area contributed by atoms with Gasteiger partial charge in [-0.05, 0) is 61.2 Å². The Morgan fingerprint density at radius 2 is 1.52 bits per heavy atom. The van der Waals surface area contributed by atoms with Gasteiger partial charge >= 0.3 is 5.97 Å². The zero-order valence-electron chi connectivity index (χ0n) is 24.5. The molecule has 1 amide bonds. The molecule has 4 aromatic rings. The number of halogens is 1. The number of anilines is 2. The second kappa shape index (κ2) is 12.0. The first kappa shape index (κ1) is 29.3. The Labute approximate surface area is 252 Å². The van der Waals surface area contributed by atoms with Gasteiger partial charge in [-0.15, -0.1) is 11.6 Å². The maximum absolute atomic E-state index is 14.4. The monoisotopic (exact) mass is 581 g/mol. The minimum absolute atomic E-state index is 0.101. The van der Waals surface area contributed by atoms with E-state index in [0.717, 1.165) is 16.8 Å². The lowest BCUT2D eigenvalue weighted by molar-refractivity contribution is -0.151. The van der Waals surface area contributed by atoms with Crippen molar-refractivity contribution in [3.05, 3.63) is 125 Å². The van der Waals surface area contributed by atoms with Gasteiger partial charge in [0.25, 0.3) is 5.91 Å². The SMILES string of the molecule is COC(=O)C1(Cc2cc(N(Cc3ccccc3)Cc3ccccc3)ccc2CCl)C(=O)N(C(C)(C)C)c2ncccc21. The van der Waals surface area contributed by atoms with Crippen molar-refractivity contribution >= 4 is 35.0 Å². The molecule has 0 saturated carbocycles. The molecule has 42 heavy (non-hydrogen) atoms. The maximum Gasteiger partial charge on any atom is 0.326 e. The number of rotatable bonds is 9. The van der Waals surface area contributed by atoms with Crippen LogP contribution < -0.4 is 9.80 Å². The Morgan fingerprint density at radius 1 is 0.905 bits per heavy atom. The molecule has 0 saturated heterocycles. The van der Waals surface area contributed by atoms with Crippen LogP contribution in [0.5, 0.6) is 0 Å². The Morgan fingerprint density at radius 3 is 2.07 bits per heavy atom. The van der Waals surface area contributed by atoms with Crippen LogP contribution >= 0.6 is 11.6 Å². The number of amides is 1. The van der Waals surface area contributed by atoms with Gasteiger partial charge < -0.3 is 9.64 Å². The number of carbonyl (C=O) groups is 2. The number of ether oxygens (including phenoxy) is 1. The van der Waals surface area contributed by atoms with Crippen LogP contribution in [0, 0.1) is 0 Å². The molecule has 0 fully saturated rings. The number of hydrogen-bond donors (Lipinski definition) is 0. The first-order valence-corrected chi connectivity index (χ1v) is 14.6. The molecule has 0 N–H and O–H groups in total. The predicted octanol–water partition coefficient (Wildman–Crippen LogP) is 6.83. The molecule has 2 heterocycles. The number of aromatic nitrogens is 1. The summed E-state index contributed by atoms with van der Waals surface area (Å²) >= 11 is 6.47. The second-order valence-electron chi connectivity index (χ2n) is 11.7. The number of benzene rings is 3. The van der Waals surface area contributed by atoms with E-state index in [-0.39, 0.29) is 18.2 Å². The molecule has 0 radical (unpaired) electrons. The van der Waals surface area contributed by atoms with E-state index in [1.165, 1.54) is 18.2 Å². The summed E-state index contributed by atoms with van der Waals surface area (Å²) < 4.78 is 5.35. The number of fused-ring (bicyclic) bond motifs is 1. The fourth-order valence-corrected chi connectivity index (χ4v) is 6.04. The zero-order valence-corrected chi connectivity index (χ0v) is 25.3. The minimum Gasteiger partial charge on any atom is -0.468 e. The second-order valence-corrected chi connectivity index (χ2v) is 11.9. The molecule has 7 heteroatoms. The third-order valence-electron chi connectivity index (χ3n) is 7.82. The van der Waals surface area contributed by atoms with Crippen LogP contribution in [0.25, 0.3) is 0 Å². The molecule has 0 bridgehead atoms. The van der Waals surface area contributed by atoms with Gasteiger partial charge in [0.05, 0.1) is 7.11 Å². The van der Waals surface area contributed by atoms with Gasteiger partial charge in [-0.2, -0.15) is 0 Å². The quantitative estimate of drug-likeness (QED) is 0.123. The number of hydrogen-bond acceptors (Lipinski definition) is 5. The number of pyridine rings is 1. The van der Waals surface area contributed by atoms with Crippen molar-refractivity contribution < 1.29 is 14.3 Å². The van der Waals surface area contributed by atoms with Crippen molar-refractivity contribution in [2.45, 2.75) is 57.1 Å². The smallest absolute Gasteiger partial charge is 0.326 e. The Hall–Kier alpha value is -4.16. The van der Waals surface area contributed by atoms with E-state index in [1.807, 2.05) is 69.3 Å². The van der Waals surface area contributed by atoms with E-state index in [4.69, 9.17) is 16.3 Å². The Kier molecular flexibility index (Phi) is 8.37. The number of carbonyl (C=O) groups excluding carboxylic acids is 2. The fraction of sp³-hybridized carbons (Fsp3) is 0.286. The lowest BCUT2D eigenvalue weighted by Crippen LogP contribution is -2.53. The number of esters is 1. The van der Waals surface area contributed by atoms with Gasteiger partial charge in [0.2, 0.25) is 0 Å². The van der Waals surface area contributed by atoms with E-state index in [9.17, 15) is 9.59 Å². The van der Waals surface area contributed by atoms with Gasteiger partial charge in [-0.3, -0.25) is 14.5 Å². The predicted molar refractivity (Wildman–Crippen MR) is 168 cm³/mol. The van der Waals surface area contributed by atoms with Gasteiger partial charge in [0, 0.05) is 48.4 Å². The van der Waals surface area contributed by atoms with E-state index in [2.05, 4.69) is 46.3 Å². The molecular weight excluding hydrogens is 546 g/mol. The first-order valence-electron chi connectivity index (χ1n) is 14.1. The molecule has 5 rings (SSSR count). The minimum atomic E-state index is -1.59. The van der Waals surface area contributed by atoms with Crippen LogP contribution in [-0.4, -0.2) is 29.5 Å². The van der Waals surface area contributed by atoms with Gasteiger partial charge in [0.1, 0.15) is 5.82 Å². The lowest BCUT2D eigenvalue weighted by Gasteiger charge is -2.34. The largest absolute Gasteiger partial charge is 0.468 e. The summed E-state index contributed by atoms with van der Waals surface area (Å²) in [5, 5.41) is 0. The van der Waals surface area contributed by atoms with E-state index >= 15 is 0 Å². The summed E-state index contributed by atoms with van der Waals surface area (Å²) in [6.45, 7) is 7.17. The normalized spacial score (nSPS) is 16.3. The Balaban J connectivity index is 1.62. The van der Waals surface area contributed by atoms with Crippen molar-refractivity contribution in [2.75, 3.05) is 16.9 Å². The highest BCUT2D eigenvalue weighted by Crippen LogP contribution is 2.47. The first-order chi connectivity index (χ1) is 20.2. The standard InChI is InChI=1S/C35H36ClN3O3/c1-34(2,3)39-31-30(16-11-19-37-31)35(32(39)40,33(41)42-4)21-28-20-29(18-17-27(28)22-36)38(23-25-12-7-5-8-13-25)24-26-14-9-6-10-15-26/h5-20H,21-24H2,1-4H3. The summed E-state index contributed by atoms with van der Waals surface area (Å²) in [6, 6.07) is 30.3. The molecule has 0 spiro atoms. The molecule has 1 aliphatic heterocycles. The average molecular weight is 582 g/mol. The van der Waals surface area contributed by atoms with Crippen molar-refractivity contribution in [1.82, 2.24) is 4.98 Å². The zero-order chi connectivity index (χ0) is 29.9. The Bertz CT molecular complexity index is 1530. The molecule has 3 aromatic carbocycles. The lowest BCUT2D eigenvalue weighted by atomic mass is 9.75. The van der Waals surface area contributed by atoms with Crippen LogP contribution in [0.15, 0.2) is 97.2 Å². The number of alkyl halides is 1. The highest BCUT2D eigenvalue weighted by Gasteiger charge is 2.60. The van der Waals surface area contributed by atoms with E-state index < -0.39 is 16.9 Å². The summed E-state index contributed by atoms with van der Waals surface area (Å²) in [5.74, 6) is -0.225. The molecule has 216 valence electrons. The summed E-state index contributed by atoms with van der Waals surface area (Å²) in [7, 11) is 1.33. The van der Waals surface area contributed by atoms with Crippen LogP contribution in [0.4, 0.5) is 11.5 Å². The third kappa shape index (κ3) is 5.51. The van der Waals surface area contributed by atoms with Crippen LogP contribution in [-0.2, 0) is 45.1 Å². The highest BCUT2D eigenvalue weighted by atomic mass is 35.5. The average Bonchev–Trinajstić information content (AvgIpc) is 3.25.